The topological polar surface area (TPSA) is 368 Å². The minimum absolute atomic E-state index is 0.120. The number of nitrogens with two attached hydrogens (primary N) is 5. The van der Waals surface area contributed by atoms with Crippen LogP contribution < -0.4 is 39.3 Å². The zero-order chi connectivity index (χ0) is 37.9. The van der Waals surface area contributed by atoms with Crippen molar-refractivity contribution < 1.29 is 73.4 Å². The molecule has 0 aromatic rings. The van der Waals surface area contributed by atoms with Crippen LogP contribution in [0.25, 0.3) is 0 Å². The molecular formula is C29H56FN7O14. The molecule has 22 heteroatoms. The summed E-state index contributed by atoms with van der Waals surface area (Å²) in [6, 6.07) is -5.28. The van der Waals surface area contributed by atoms with Crippen molar-refractivity contribution in [2.75, 3.05) is 26.7 Å². The standard InChI is InChI=1S/C29H56FN7O14/c1-8(36-2)11-4-3-10(33)27(46-11)50-24-14(34)19(41)16(37-26(45)17(39)9(30)5-31)21(43)25(24)51-29-22(44)23(13(7-38)48-29)49-28-15(35)20(42)18(40)12(6-32)47-28/h8-25,27-29,36,38-44H,3-7,31-35H2,1-2H3,(H,37,45)/t8-,9+,10+,11-,12-,13+,14-,15+,16+,17-,18+,19-,20+,21-,22+,23+,24+,25+,27+,28+,29-/m0/s1. The first kappa shape index (κ1) is 42.4. The van der Waals surface area contributed by atoms with Crippen LogP contribution >= 0.6 is 0 Å². The van der Waals surface area contributed by atoms with Crippen LogP contribution in [-0.4, -0.2) is 197 Å². The molecule has 298 valence electrons. The zero-order valence-corrected chi connectivity index (χ0v) is 28.4. The summed E-state index contributed by atoms with van der Waals surface area (Å²) < 4.78 is 49.6. The Morgan fingerprint density at radius 2 is 1.45 bits per heavy atom. The van der Waals surface area contributed by atoms with Crippen LogP contribution in [0.3, 0.4) is 0 Å². The molecule has 19 N–H and O–H groups in total. The monoisotopic (exact) mass is 745 g/mol. The minimum Gasteiger partial charge on any atom is -0.394 e. The zero-order valence-electron chi connectivity index (χ0n) is 28.4. The van der Waals surface area contributed by atoms with Crippen molar-refractivity contribution >= 4 is 5.91 Å². The SMILES string of the molecule is CN[C@@H](C)[C@@H]1CC[C@@H](N)[C@@H](O[C@@H]2[C@@H](N)[C@H](O)[C@@H](NC(=O)[C@@H](O)[C@H](F)CN)[C@H](O)[C@H]2O[C@@H]2O[C@H](CO)[C@@H](O[C@H]3O[C@@H](CN)[C@@H](O)[C@H](O)[C@H]3N)[C@H]2O)O1. The van der Waals surface area contributed by atoms with E-state index in [-0.39, 0.29) is 18.7 Å². The van der Waals surface area contributed by atoms with Gasteiger partial charge in [0.2, 0.25) is 0 Å². The lowest BCUT2D eigenvalue weighted by Gasteiger charge is -2.49. The van der Waals surface area contributed by atoms with Crippen LogP contribution in [0, 0.1) is 0 Å². The highest BCUT2D eigenvalue weighted by Gasteiger charge is 2.56. The first-order valence-electron chi connectivity index (χ1n) is 17.0. The van der Waals surface area contributed by atoms with Gasteiger partial charge in [-0.1, -0.05) is 0 Å². The largest absolute Gasteiger partial charge is 0.394 e. The van der Waals surface area contributed by atoms with Crippen molar-refractivity contribution in [1.82, 2.24) is 10.6 Å². The second kappa shape index (κ2) is 18.3. The van der Waals surface area contributed by atoms with Gasteiger partial charge >= 0.3 is 0 Å². The summed E-state index contributed by atoms with van der Waals surface area (Å²) in [7, 11) is 1.75. The highest BCUT2D eigenvalue weighted by Crippen LogP contribution is 2.35. The Morgan fingerprint density at radius 1 is 0.824 bits per heavy atom. The number of ether oxygens (including phenoxy) is 6. The summed E-state index contributed by atoms with van der Waals surface area (Å²) in [6.07, 6.45) is -23.4. The van der Waals surface area contributed by atoms with Crippen LogP contribution in [0.4, 0.5) is 4.39 Å². The van der Waals surface area contributed by atoms with Gasteiger partial charge in [0, 0.05) is 19.1 Å². The molecule has 4 rings (SSSR count). The molecule has 3 aliphatic heterocycles. The highest BCUT2D eigenvalue weighted by atomic mass is 19.1. The fraction of sp³-hybridized carbons (Fsp3) is 0.966. The van der Waals surface area contributed by atoms with Crippen LogP contribution in [0.2, 0.25) is 0 Å². The number of rotatable bonds is 14. The molecule has 51 heavy (non-hydrogen) atoms. The predicted octanol–water partition coefficient (Wildman–Crippen LogP) is -8.40. The molecule has 3 saturated heterocycles. The summed E-state index contributed by atoms with van der Waals surface area (Å²) in [6.45, 7) is 0.235. The summed E-state index contributed by atoms with van der Waals surface area (Å²) in [4.78, 5) is 12.7. The molecule has 21 atom stereocenters. The highest BCUT2D eigenvalue weighted by molar-refractivity contribution is 5.81. The summed E-state index contributed by atoms with van der Waals surface area (Å²) in [5.74, 6) is -1.32. The number of likely N-dealkylation sites (N-methyl/N-ethyl adjacent to an activating group) is 1. The minimum atomic E-state index is -2.26. The van der Waals surface area contributed by atoms with Gasteiger partial charge in [0.15, 0.2) is 25.0 Å². The van der Waals surface area contributed by atoms with Crippen LogP contribution in [-0.2, 0) is 33.2 Å². The van der Waals surface area contributed by atoms with E-state index in [0.29, 0.717) is 12.8 Å². The molecule has 0 aromatic carbocycles. The van der Waals surface area contributed by atoms with Crippen molar-refractivity contribution in [2.24, 2.45) is 28.7 Å². The number of nitrogens with one attached hydrogen (secondary N) is 2. The number of carbonyl (C=O) groups excluding carboxylic acids is 1. The van der Waals surface area contributed by atoms with E-state index >= 15 is 0 Å². The van der Waals surface area contributed by atoms with E-state index in [0.717, 1.165) is 0 Å². The molecule has 1 aliphatic carbocycles. The fourth-order valence-electron chi connectivity index (χ4n) is 6.68. The molecule has 0 unspecified atom stereocenters. The number of aliphatic hydroxyl groups excluding tert-OH is 7. The summed E-state index contributed by atoms with van der Waals surface area (Å²) in [5, 5.41) is 80.2. The van der Waals surface area contributed by atoms with Crippen molar-refractivity contribution in [3.05, 3.63) is 0 Å². The van der Waals surface area contributed by atoms with E-state index in [2.05, 4.69) is 10.6 Å². The molecule has 1 amide bonds. The Bertz CT molecular complexity index is 1110. The number of aliphatic hydroxyl groups is 7. The van der Waals surface area contributed by atoms with E-state index in [9.17, 15) is 44.9 Å². The van der Waals surface area contributed by atoms with Gasteiger partial charge in [-0.3, -0.25) is 4.79 Å². The molecule has 4 aliphatic rings. The number of hydrogen-bond acceptors (Lipinski definition) is 20. The maximum atomic E-state index is 14.1. The summed E-state index contributed by atoms with van der Waals surface area (Å²) in [5.41, 5.74) is 29.6. The van der Waals surface area contributed by atoms with Gasteiger partial charge in [-0.05, 0) is 26.8 Å². The van der Waals surface area contributed by atoms with E-state index in [1.807, 2.05) is 6.92 Å². The Labute approximate surface area is 293 Å². The maximum absolute atomic E-state index is 14.1. The van der Waals surface area contributed by atoms with E-state index in [1.165, 1.54) is 0 Å². The smallest absolute Gasteiger partial charge is 0.252 e. The van der Waals surface area contributed by atoms with Gasteiger partial charge in [0.1, 0.15) is 61.1 Å². The molecule has 21 nitrogen and oxygen atoms in total. The van der Waals surface area contributed by atoms with E-state index in [4.69, 9.17) is 57.1 Å². The average Bonchev–Trinajstić information content (AvgIpc) is 3.42. The van der Waals surface area contributed by atoms with Crippen LogP contribution in [0.15, 0.2) is 0 Å². The quantitative estimate of drug-likeness (QED) is 0.0785. The number of alkyl halides is 1. The van der Waals surface area contributed by atoms with Crippen molar-refractivity contribution in [3.63, 3.8) is 0 Å². The average molecular weight is 746 g/mol. The number of halogens is 1. The number of hydrogen-bond donors (Lipinski definition) is 14. The second-order valence-electron chi connectivity index (χ2n) is 13.5. The molecular weight excluding hydrogens is 689 g/mol. The van der Waals surface area contributed by atoms with Crippen LogP contribution in [0.1, 0.15) is 19.8 Å². The Balaban J connectivity index is 1.60. The van der Waals surface area contributed by atoms with Crippen molar-refractivity contribution in [3.8, 4) is 0 Å². The third-order valence-corrected chi connectivity index (χ3v) is 10.1. The van der Waals surface area contributed by atoms with Crippen molar-refractivity contribution in [2.45, 2.75) is 148 Å². The van der Waals surface area contributed by atoms with Gasteiger partial charge in [-0.2, -0.15) is 0 Å². The predicted molar refractivity (Wildman–Crippen MR) is 170 cm³/mol. The van der Waals surface area contributed by atoms with Gasteiger partial charge in [-0.15, -0.1) is 0 Å². The van der Waals surface area contributed by atoms with Gasteiger partial charge in [-0.25, -0.2) is 4.39 Å². The number of amides is 1. The lowest BCUT2D eigenvalue weighted by molar-refractivity contribution is -0.298. The lowest BCUT2D eigenvalue weighted by Crippen LogP contribution is -2.73. The van der Waals surface area contributed by atoms with E-state index in [1.54, 1.807) is 7.05 Å². The van der Waals surface area contributed by atoms with Gasteiger partial charge < -0.3 is 103 Å². The van der Waals surface area contributed by atoms with Gasteiger partial charge in [0.05, 0.1) is 43.0 Å². The molecule has 0 aromatic heterocycles. The second-order valence-corrected chi connectivity index (χ2v) is 13.5. The van der Waals surface area contributed by atoms with E-state index < -0.39 is 135 Å². The molecule has 0 bridgehead atoms. The maximum Gasteiger partial charge on any atom is 0.252 e. The molecule has 1 saturated carbocycles. The third-order valence-electron chi connectivity index (χ3n) is 10.1. The molecule has 4 fully saturated rings. The van der Waals surface area contributed by atoms with Crippen molar-refractivity contribution in [1.29, 1.82) is 0 Å². The first-order valence-corrected chi connectivity index (χ1v) is 17.0. The normalized spacial score (nSPS) is 46.7. The van der Waals surface area contributed by atoms with Gasteiger partial charge in [0.25, 0.3) is 5.91 Å². The third kappa shape index (κ3) is 9.13. The lowest BCUT2D eigenvalue weighted by atomic mass is 9.81. The Hall–Kier alpha value is -1.36. The Morgan fingerprint density at radius 3 is 2.06 bits per heavy atom. The Kier molecular flexibility index (Phi) is 15.2. The first-order chi connectivity index (χ1) is 24.1. The van der Waals surface area contributed by atoms with Crippen LogP contribution in [0.5, 0.6) is 0 Å². The molecule has 3 heterocycles. The number of carbonyl (C=O) groups is 1. The molecule has 0 spiro atoms. The summed E-state index contributed by atoms with van der Waals surface area (Å²) >= 11 is 0. The fourth-order valence-corrected chi connectivity index (χ4v) is 6.68. The molecule has 0 radical (unpaired) electrons.